The summed E-state index contributed by atoms with van der Waals surface area (Å²) in [6, 6.07) is 4.95. The summed E-state index contributed by atoms with van der Waals surface area (Å²) >= 11 is 1.43. The molecule has 0 bridgehead atoms. The minimum Gasteiger partial charge on any atom is -0.472 e. The van der Waals surface area contributed by atoms with Crippen LogP contribution in [0.5, 0.6) is 5.88 Å². The Labute approximate surface area is 176 Å². The number of rotatable bonds is 4. The highest BCUT2D eigenvalue weighted by Gasteiger charge is 2.24. The number of thiophene rings is 1. The van der Waals surface area contributed by atoms with E-state index in [1.54, 1.807) is 4.90 Å². The molecule has 0 spiro atoms. The lowest BCUT2D eigenvalue weighted by atomic mass is 10.2. The Balaban J connectivity index is 1.45. The first-order chi connectivity index (χ1) is 14.4. The van der Waals surface area contributed by atoms with Crippen LogP contribution in [-0.4, -0.2) is 53.2 Å². The van der Waals surface area contributed by atoms with E-state index in [1.807, 2.05) is 30.2 Å². The first kappa shape index (κ1) is 20.3. The van der Waals surface area contributed by atoms with Gasteiger partial charge in [-0.2, -0.15) is 0 Å². The number of fused-ring (bicyclic) bond motifs is 1. The van der Waals surface area contributed by atoms with Crippen LogP contribution in [0.25, 0.3) is 10.3 Å². The minimum atomic E-state index is -0.620. The van der Waals surface area contributed by atoms with Crippen molar-refractivity contribution >= 4 is 39.2 Å². The third kappa shape index (κ3) is 4.43. The number of hydrogen-bond donors (Lipinski definition) is 1. The molecular formula is C20H21F2N5O2S. The molecule has 0 atom stereocenters. The SMILES string of the molecule is CC(C)Oc1nc2ccsc2nc1NC(=O)N1CCN(c2cc(F)cc(F)c2)CC1. The largest absolute Gasteiger partial charge is 0.472 e. The van der Waals surface area contributed by atoms with Crippen LogP contribution in [0.4, 0.5) is 25.1 Å². The van der Waals surface area contributed by atoms with Crippen LogP contribution in [0.15, 0.2) is 29.6 Å². The number of carbonyl (C=O) groups excluding carboxylic acids is 1. The molecule has 0 aliphatic carbocycles. The second-order valence-electron chi connectivity index (χ2n) is 7.19. The van der Waals surface area contributed by atoms with Gasteiger partial charge in [-0.1, -0.05) is 0 Å². The summed E-state index contributed by atoms with van der Waals surface area (Å²) < 4.78 is 32.7. The van der Waals surface area contributed by atoms with Crippen LogP contribution in [0, 0.1) is 11.6 Å². The summed E-state index contributed by atoms with van der Waals surface area (Å²) in [6.07, 6.45) is -0.124. The number of piperazine rings is 1. The standard InChI is InChI=1S/C20H21F2N5O2S/c1-12(2)29-18-17(24-19-16(23-18)3-8-30-19)25-20(28)27-6-4-26(5-7-27)15-10-13(21)9-14(22)11-15/h3,8-12H,4-7H2,1-2H3,(H,24,25,28). The van der Waals surface area contributed by atoms with Crippen LogP contribution in [0.1, 0.15) is 13.8 Å². The molecule has 3 heterocycles. The van der Waals surface area contributed by atoms with Crippen molar-refractivity contribution in [3.63, 3.8) is 0 Å². The summed E-state index contributed by atoms with van der Waals surface area (Å²) in [6.45, 7) is 5.47. The topological polar surface area (TPSA) is 70.6 Å². The van der Waals surface area contributed by atoms with Gasteiger partial charge in [0, 0.05) is 37.9 Å². The Morgan fingerprint density at radius 3 is 2.50 bits per heavy atom. The van der Waals surface area contributed by atoms with Crippen molar-refractivity contribution in [1.82, 2.24) is 14.9 Å². The van der Waals surface area contributed by atoms with Crippen molar-refractivity contribution in [2.75, 3.05) is 36.4 Å². The molecule has 2 amide bonds. The van der Waals surface area contributed by atoms with E-state index in [4.69, 9.17) is 4.74 Å². The van der Waals surface area contributed by atoms with E-state index in [9.17, 15) is 13.6 Å². The molecule has 2 aromatic heterocycles. The Morgan fingerprint density at radius 2 is 1.83 bits per heavy atom. The van der Waals surface area contributed by atoms with Gasteiger partial charge >= 0.3 is 6.03 Å². The van der Waals surface area contributed by atoms with Gasteiger partial charge < -0.3 is 14.5 Å². The van der Waals surface area contributed by atoms with Gasteiger partial charge in [-0.25, -0.2) is 23.5 Å². The van der Waals surface area contributed by atoms with E-state index in [1.165, 1.54) is 23.5 Å². The molecule has 7 nitrogen and oxygen atoms in total. The Hall–Kier alpha value is -3.01. The summed E-state index contributed by atoms with van der Waals surface area (Å²) in [4.78, 5) is 25.9. The van der Waals surface area contributed by atoms with Crippen molar-refractivity contribution in [2.45, 2.75) is 20.0 Å². The van der Waals surface area contributed by atoms with Crippen LogP contribution in [0.2, 0.25) is 0 Å². The van der Waals surface area contributed by atoms with E-state index in [0.717, 1.165) is 6.07 Å². The van der Waals surface area contributed by atoms with Gasteiger partial charge in [0.05, 0.1) is 6.10 Å². The lowest BCUT2D eigenvalue weighted by Crippen LogP contribution is -2.50. The second-order valence-corrected chi connectivity index (χ2v) is 8.08. The maximum Gasteiger partial charge on any atom is 0.323 e. The molecule has 0 saturated carbocycles. The van der Waals surface area contributed by atoms with E-state index >= 15 is 0 Å². The van der Waals surface area contributed by atoms with Gasteiger partial charge in [0.25, 0.3) is 5.88 Å². The molecule has 1 N–H and O–H groups in total. The Morgan fingerprint density at radius 1 is 1.13 bits per heavy atom. The molecule has 3 aromatic rings. The average Bonchev–Trinajstić information content (AvgIpc) is 3.14. The number of halogens is 2. The molecule has 10 heteroatoms. The van der Waals surface area contributed by atoms with Crippen molar-refractivity contribution in [2.24, 2.45) is 0 Å². The molecule has 4 rings (SSSR count). The fourth-order valence-electron chi connectivity index (χ4n) is 3.23. The lowest BCUT2D eigenvalue weighted by Gasteiger charge is -2.36. The predicted octanol–water partition coefficient (Wildman–Crippen LogP) is 4.11. The van der Waals surface area contributed by atoms with Crippen LogP contribution in [-0.2, 0) is 0 Å². The maximum absolute atomic E-state index is 13.5. The minimum absolute atomic E-state index is 0.124. The number of anilines is 2. The number of aromatic nitrogens is 2. The number of carbonyl (C=O) groups is 1. The van der Waals surface area contributed by atoms with Gasteiger partial charge in [-0.05, 0) is 37.4 Å². The third-order valence-corrected chi connectivity index (χ3v) is 5.41. The zero-order valence-corrected chi connectivity index (χ0v) is 17.4. The molecule has 158 valence electrons. The van der Waals surface area contributed by atoms with Crippen LogP contribution >= 0.6 is 11.3 Å². The van der Waals surface area contributed by atoms with Gasteiger partial charge in [-0.15, -0.1) is 11.3 Å². The van der Waals surface area contributed by atoms with Gasteiger partial charge in [-0.3, -0.25) is 5.32 Å². The molecule has 1 fully saturated rings. The fourth-order valence-corrected chi connectivity index (χ4v) is 3.94. The summed E-state index contributed by atoms with van der Waals surface area (Å²) in [5.41, 5.74) is 1.18. The van der Waals surface area contributed by atoms with E-state index < -0.39 is 11.6 Å². The fraction of sp³-hybridized carbons (Fsp3) is 0.350. The number of ether oxygens (including phenoxy) is 1. The average molecular weight is 433 g/mol. The van der Waals surface area contributed by atoms with Gasteiger partial charge in [0.2, 0.25) is 0 Å². The number of amides is 2. The highest BCUT2D eigenvalue weighted by Crippen LogP contribution is 2.28. The molecule has 30 heavy (non-hydrogen) atoms. The zero-order chi connectivity index (χ0) is 21.3. The first-order valence-corrected chi connectivity index (χ1v) is 10.5. The molecule has 1 aliphatic heterocycles. The van der Waals surface area contributed by atoms with E-state index in [-0.39, 0.29) is 23.8 Å². The van der Waals surface area contributed by atoms with E-state index in [2.05, 4.69) is 15.3 Å². The van der Waals surface area contributed by atoms with Gasteiger partial charge in [0.15, 0.2) is 5.82 Å². The predicted molar refractivity (Wildman–Crippen MR) is 112 cm³/mol. The Bertz CT molecular complexity index is 1050. The maximum atomic E-state index is 13.5. The molecule has 1 aliphatic rings. The summed E-state index contributed by atoms with van der Waals surface area (Å²) in [7, 11) is 0. The first-order valence-electron chi connectivity index (χ1n) is 9.58. The van der Waals surface area contributed by atoms with Gasteiger partial charge in [0.1, 0.15) is 22.0 Å². The smallest absolute Gasteiger partial charge is 0.323 e. The number of urea groups is 1. The van der Waals surface area contributed by atoms with Crippen molar-refractivity contribution in [1.29, 1.82) is 0 Å². The highest BCUT2D eigenvalue weighted by atomic mass is 32.1. The quantitative estimate of drug-likeness (QED) is 0.671. The normalized spacial score (nSPS) is 14.4. The van der Waals surface area contributed by atoms with Crippen molar-refractivity contribution in [3.05, 3.63) is 41.3 Å². The molecule has 0 radical (unpaired) electrons. The number of benzene rings is 1. The van der Waals surface area contributed by atoms with Crippen molar-refractivity contribution in [3.8, 4) is 5.88 Å². The molecule has 0 unspecified atom stereocenters. The van der Waals surface area contributed by atoms with Crippen LogP contribution < -0.4 is 15.0 Å². The monoisotopic (exact) mass is 433 g/mol. The lowest BCUT2D eigenvalue weighted by molar-refractivity contribution is 0.207. The molecule has 1 aromatic carbocycles. The molecule has 1 saturated heterocycles. The van der Waals surface area contributed by atoms with Crippen LogP contribution in [0.3, 0.4) is 0 Å². The number of hydrogen-bond acceptors (Lipinski definition) is 6. The highest BCUT2D eigenvalue weighted by molar-refractivity contribution is 7.16. The Kier molecular flexibility index (Phi) is 5.67. The zero-order valence-electron chi connectivity index (χ0n) is 16.6. The number of nitrogens with zero attached hydrogens (tertiary/aromatic N) is 4. The summed E-state index contributed by atoms with van der Waals surface area (Å²) in [5, 5.41) is 4.68. The second kappa shape index (κ2) is 8.39. The van der Waals surface area contributed by atoms with Crippen molar-refractivity contribution < 1.29 is 18.3 Å². The number of nitrogens with one attached hydrogen (secondary N) is 1. The summed E-state index contributed by atoms with van der Waals surface area (Å²) in [5.74, 6) is -0.688. The molecular weight excluding hydrogens is 412 g/mol. The third-order valence-electron chi connectivity index (χ3n) is 4.61. The van der Waals surface area contributed by atoms with E-state index in [0.29, 0.717) is 42.2 Å².